The lowest BCUT2D eigenvalue weighted by atomic mass is 10.1. The van der Waals surface area contributed by atoms with Crippen LogP contribution in [0.1, 0.15) is 27.9 Å². The highest BCUT2D eigenvalue weighted by Crippen LogP contribution is 2.25. The van der Waals surface area contributed by atoms with Crippen LogP contribution in [0, 0.1) is 5.82 Å². The van der Waals surface area contributed by atoms with Gasteiger partial charge in [0.25, 0.3) is 5.91 Å². The van der Waals surface area contributed by atoms with E-state index in [-0.39, 0.29) is 5.56 Å². The Balaban J connectivity index is 1.88. The van der Waals surface area contributed by atoms with E-state index >= 15 is 0 Å². The van der Waals surface area contributed by atoms with E-state index < -0.39 is 26.6 Å². The number of anilines is 1. The van der Waals surface area contributed by atoms with Crippen LogP contribution in [0.2, 0.25) is 0 Å². The summed E-state index contributed by atoms with van der Waals surface area (Å²) < 4.78 is 39.2. The third kappa shape index (κ3) is 3.43. The zero-order chi connectivity index (χ0) is 18.2. The Bertz CT molecular complexity index is 939. The van der Waals surface area contributed by atoms with E-state index in [1.807, 2.05) is 18.2 Å². The van der Waals surface area contributed by atoms with Gasteiger partial charge in [-0.05, 0) is 60.7 Å². The number of carbonyl (C=O) groups excluding carboxylic acids is 1. The van der Waals surface area contributed by atoms with E-state index in [1.165, 1.54) is 31.3 Å². The monoisotopic (exact) mass is 362 g/mol. The first kappa shape index (κ1) is 17.6. The lowest BCUT2D eigenvalue weighted by Gasteiger charge is -2.13. The number of rotatable bonds is 4. The number of sulfonamides is 1. The highest BCUT2D eigenvalue weighted by Gasteiger charge is 2.23. The molecular formula is C18H19FN2O3S. The molecule has 1 aliphatic carbocycles. The predicted molar refractivity (Wildman–Crippen MR) is 93.7 cm³/mol. The van der Waals surface area contributed by atoms with Gasteiger partial charge in [-0.25, -0.2) is 17.1 Å². The Morgan fingerprint density at radius 3 is 2.52 bits per heavy atom. The van der Waals surface area contributed by atoms with Gasteiger partial charge in [0.1, 0.15) is 10.7 Å². The van der Waals surface area contributed by atoms with Gasteiger partial charge in [-0.2, -0.15) is 0 Å². The first-order valence-corrected chi connectivity index (χ1v) is 9.38. The van der Waals surface area contributed by atoms with Gasteiger partial charge in [0, 0.05) is 25.3 Å². The lowest BCUT2D eigenvalue weighted by Crippen LogP contribution is -2.24. The Morgan fingerprint density at radius 1 is 1.08 bits per heavy atom. The van der Waals surface area contributed by atoms with Crippen LogP contribution in [0.3, 0.4) is 0 Å². The van der Waals surface area contributed by atoms with Gasteiger partial charge in [0.15, 0.2) is 0 Å². The van der Waals surface area contributed by atoms with E-state index in [0.717, 1.165) is 35.7 Å². The molecule has 5 nitrogen and oxygen atoms in total. The minimum Gasteiger partial charge on any atom is -0.322 e. The number of nitrogens with one attached hydrogen (secondary N) is 1. The normalized spacial score (nSPS) is 13.8. The first-order chi connectivity index (χ1) is 11.8. The van der Waals surface area contributed by atoms with Gasteiger partial charge in [-0.3, -0.25) is 4.79 Å². The van der Waals surface area contributed by atoms with Crippen molar-refractivity contribution in [3.05, 3.63) is 58.9 Å². The topological polar surface area (TPSA) is 66.5 Å². The molecule has 0 atom stereocenters. The first-order valence-electron chi connectivity index (χ1n) is 7.94. The molecule has 132 valence electrons. The highest BCUT2D eigenvalue weighted by molar-refractivity contribution is 7.89. The molecule has 1 amide bonds. The van der Waals surface area contributed by atoms with E-state index in [9.17, 15) is 17.6 Å². The molecule has 25 heavy (non-hydrogen) atoms. The van der Waals surface area contributed by atoms with Gasteiger partial charge in [0.2, 0.25) is 10.0 Å². The molecule has 3 rings (SSSR count). The molecule has 0 bridgehead atoms. The van der Waals surface area contributed by atoms with Crippen LogP contribution in [0.5, 0.6) is 0 Å². The zero-order valence-corrected chi connectivity index (χ0v) is 14.9. The molecule has 0 saturated heterocycles. The third-order valence-corrected chi connectivity index (χ3v) is 6.14. The summed E-state index contributed by atoms with van der Waals surface area (Å²) in [6.07, 6.45) is 3.14. The summed E-state index contributed by atoms with van der Waals surface area (Å²) in [7, 11) is -1.34. The molecular weight excluding hydrogens is 343 g/mol. The number of amides is 1. The molecule has 2 aromatic carbocycles. The van der Waals surface area contributed by atoms with Crippen LogP contribution in [0.15, 0.2) is 41.3 Å². The van der Waals surface area contributed by atoms with Crippen LogP contribution < -0.4 is 5.32 Å². The summed E-state index contributed by atoms with van der Waals surface area (Å²) >= 11 is 0. The van der Waals surface area contributed by atoms with Gasteiger partial charge in [-0.15, -0.1) is 0 Å². The number of benzene rings is 2. The minimum absolute atomic E-state index is 0.0855. The van der Waals surface area contributed by atoms with Crippen LogP contribution in [0.25, 0.3) is 0 Å². The maximum absolute atomic E-state index is 13.9. The third-order valence-electron chi connectivity index (χ3n) is 4.31. The smallest absolute Gasteiger partial charge is 0.255 e. The van der Waals surface area contributed by atoms with Crippen LogP contribution in [-0.4, -0.2) is 32.7 Å². The van der Waals surface area contributed by atoms with Crippen molar-refractivity contribution in [3.63, 3.8) is 0 Å². The van der Waals surface area contributed by atoms with Crippen molar-refractivity contribution in [1.29, 1.82) is 0 Å². The number of halogens is 1. The molecule has 0 aromatic heterocycles. The second kappa shape index (κ2) is 6.57. The number of aryl methyl sites for hydroxylation is 2. The summed E-state index contributed by atoms with van der Waals surface area (Å²) in [5, 5.41) is 2.75. The van der Waals surface area contributed by atoms with Crippen molar-refractivity contribution >= 4 is 21.6 Å². The molecule has 0 saturated carbocycles. The molecule has 0 heterocycles. The molecule has 7 heteroatoms. The average Bonchev–Trinajstić information content (AvgIpc) is 3.02. The van der Waals surface area contributed by atoms with Crippen molar-refractivity contribution < 1.29 is 17.6 Å². The number of hydrogen-bond donors (Lipinski definition) is 1. The van der Waals surface area contributed by atoms with Gasteiger partial charge in [-0.1, -0.05) is 6.07 Å². The predicted octanol–water partition coefficient (Wildman–Crippen LogP) is 2.82. The van der Waals surface area contributed by atoms with Gasteiger partial charge >= 0.3 is 0 Å². The van der Waals surface area contributed by atoms with Gasteiger partial charge in [0.05, 0.1) is 0 Å². The molecule has 0 aliphatic heterocycles. The fraction of sp³-hybridized carbons (Fsp3) is 0.278. The Morgan fingerprint density at radius 2 is 1.80 bits per heavy atom. The van der Waals surface area contributed by atoms with Crippen molar-refractivity contribution in [2.24, 2.45) is 0 Å². The average molecular weight is 362 g/mol. The van der Waals surface area contributed by atoms with Crippen molar-refractivity contribution in [2.75, 3.05) is 19.4 Å². The van der Waals surface area contributed by atoms with Crippen LogP contribution in [0.4, 0.5) is 10.1 Å². The summed E-state index contributed by atoms with van der Waals surface area (Å²) in [5.74, 6) is -1.36. The Kier molecular flexibility index (Phi) is 4.62. The Labute approximate surface area is 146 Å². The van der Waals surface area contributed by atoms with Crippen molar-refractivity contribution in [3.8, 4) is 0 Å². The lowest BCUT2D eigenvalue weighted by molar-refractivity contribution is 0.102. The van der Waals surface area contributed by atoms with E-state index in [4.69, 9.17) is 0 Å². The second-order valence-electron chi connectivity index (χ2n) is 6.22. The molecule has 0 unspecified atom stereocenters. The summed E-state index contributed by atoms with van der Waals surface area (Å²) in [6.45, 7) is 0. The molecule has 1 aliphatic rings. The van der Waals surface area contributed by atoms with Crippen molar-refractivity contribution in [1.82, 2.24) is 4.31 Å². The van der Waals surface area contributed by atoms with E-state index in [1.54, 1.807) is 0 Å². The fourth-order valence-electron chi connectivity index (χ4n) is 2.89. The second-order valence-corrected chi connectivity index (χ2v) is 8.34. The SMILES string of the molecule is CN(C)S(=O)(=O)c1cc(C(=O)Nc2ccc3c(c2)CCC3)ccc1F. The fourth-order valence-corrected chi connectivity index (χ4v) is 3.88. The number of carbonyl (C=O) groups is 1. The standard InChI is InChI=1S/C18H19FN2O3S/c1-21(2)25(23,24)17-11-14(7-9-16(17)19)18(22)20-15-8-6-12-4-3-5-13(12)10-15/h6-11H,3-5H2,1-2H3,(H,20,22). The maximum Gasteiger partial charge on any atom is 0.255 e. The maximum atomic E-state index is 13.9. The quantitative estimate of drug-likeness (QED) is 0.909. The summed E-state index contributed by atoms with van der Waals surface area (Å²) in [6, 6.07) is 9.07. The largest absolute Gasteiger partial charge is 0.322 e. The molecule has 0 fully saturated rings. The summed E-state index contributed by atoms with van der Waals surface area (Å²) in [4.78, 5) is 11.9. The molecule has 0 spiro atoms. The highest BCUT2D eigenvalue weighted by atomic mass is 32.2. The van der Waals surface area contributed by atoms with E-state index in [2.05, 4.69) is 5.32 Å². The number of fused-ring (bicyclic) bond motifs is 1. The summed E-state index contributed by atoms with van der Waals surface area (Å²) in [5.41, 5.74) is 3.24. The van der Waals surface area contributed by atoms with Crippen LogP contribution in [-0.2, 0) is 22.9 Å². The number of nitrogens with zero attached hydrogens (tertiary/aromatic N) is 1. The van der Waals surface area contributed by atoms with Crippen molar-refractivity contribution in [2.45, 2.75) is 24.2 Å². The number of hydrogen-bond acceptors (Lipinski definition) is 3. The Hall–Kier alpha value is -2.25. The minimum atomic E-state index is -3.97. The molecule has 2 aromatic rings. The molecule has 1 N–H and O–H groups in total. The zero-order valence-electron chi connectivity index (χ0n) is 14.0. The molecule has 0 radical (unpaired) electrons. The van der Waals surface area contributed by atoms with E-state index in [0.29, 0.717) is 5.69 Å². The van der Waals surface area contributed by atoms with Crippen LogP contribution >= 0.6 is 0 Å². The van der Waals surface area contributed by atoms with Gasteiger partial charge < -0.3 is 5.32 Å².